The predicted molar refractivity (Wildman–Crippen MR) is 94.3 cm³/mol. The quantitative estimate of drug-likeness (QED) is 0.606. The molecule has 0 spiro atoms. The lowest BCUT2D eigenvalue weighted by Gasteiger charge is -2.17. The summed E-state index contributed by atoms with van der Waals surface area (Å²) in [6.45, 7) is 5.92. The maximum atomic E-state index is 11.8. The van der Waals surface area contributed by atoms with E-state index in [1.54, 1.807) is 31.2 Å². The van der Waals surface area contributed by atoms with Gasteiger partial charge in [-0.3, -0.25) is 14.9 Å². The molecule has 2 aromatic rings. The molecule has 0 radical (unpaired) electrons. The molecular weight excluding hydrogens is 322 g/mol. The fraction of sp³-hybridized carbons (Fsp3) is 0.316. The average Bonchev–Trinajstić information content (AvgIpc) is 2.54. The summed E-state index contributed by atoms with van der Waals surface area (Å²) in [6, 6.07) is 10.2. The Hall–Kier alpha value is -2.89. The molecule has 0 bridgehead atoms. The Morgan fingerprint density at radius 3 is 2.48 bits per heavy atom. The number of rotatable bonds is 7. The van der Waals surface area contributed by atoms with Crippen LogP contribution in [-0.2, 0) is 11.2 Å². The van der Waals surface area contributed by atoms with Crippen LogP contribution in [0.5, 0.6) is 5.75 Å². The van der Waals surface area contributed by atoms with E-state index in [0.717, 1.165) is 5.56 Å². The molecule has 0 aliphatic carbocycles. The van der Waals surface area contributed by atoms with Gasteiger partial charge in [0.15, 0.2) is 0 Å². The zero-order valence-corrected chi connectivity index (χ0v) is 14.5. The van der Waals surface area contributed by atoms with E-state index in [2.05, 4.69) is 0 Å². The molecule has 1 N–H and O–H groups in total. The first-order valence-corrected chi connectivity index (χ1v) is 8.03. The molecule has 0 heterocycles. The van der Waals surface area contributed by atoms with E-state index in [1.165, 1.54) is 6.07 Å². The highest BCUT2D eigenvalue weighted by molar-refractivity contribution is 5.77. The van der Waals surface area contributed by atoms with Gasteiger partial charge in [0.25, 0.3) is 5.69 Å². The maximum absolute atomic E-state index is 11.8. The number of hydrogen-bond acceptors (Lipinski definition) is 4. The van der Waals surface area contributed by atoms with Crippen LogP contribution < -0.4 is 4.74 Å². The third-order valence-electron chi connectivity index (χ3n) is 4.14. The number of nitro benzene ring substituents is 1. The first kappa shape index (κ1) is 18.4. The van der Waals surface area contributed by atoms with Gasteiger partial charge >= 0.3 is 5.97 Å². The molecule has 0 aliphatic heterocycles. The number of carboxylic acids is 1. The lowest BCUT2D eigenvalue weighted by molar-refractivity contribution is -0.385. The molecule has 2 aromatic carbocycles. The number of nitro groups is 1. The van der Waals surface area contributed by atoms with E-state index in [0.29, 0.717) is 29.0 Å². The third kappa shape index (κ3) is 4.35. The molecule has 0 aliphatic rings. The van der Waals surface area contributed by atoms with Crippen LogP contribution in [0.3, 0.4) is 0 Å². The minimum Gasteiger partial charge on any atom is -0.494 e. The smallest absolute Gasteiger partial charge is 0.311 e. The molecule has 25 heavy (non-hydrogen) atoms. The van der Waals surface area contributed by atoms with Crippen molar-refractivity contribution in [3.63, 3.8) is 0 Å². The van der Waals surface area contributed by atoms with Gasteiger partial charge in [-0.1, -0.05) is 18.2 Å². The van der Waals surface area contributed by atoms with Gasteiger partial charge in [0.2, 0.25) is 0 Å². The normalized spacial score (nSPS) is 11.8. The molecule has 0 saturated carbocycles. The van der Waals surface area contributed by atoms with Gasteiger partial charge in [0, 0.05) is 11.6 Å². The fourth-order valence-electron chi connectivity index (χ4n) is 2.84. The predicted octanol–water partition coefficient (Wildman–Crippen LogP) is 4.02. The molecular formula is C19H21NO5. The second-order valence-electron chi connectivity index (χ2n) is 5.92. The Morgan fingerprint density at radius 2 is 1.92 bits per heavy atom. The van der Waals surface area contributed by atoms with Gasteiger partial charge < -0.3 is 9.84 Å². The van der Waals surface area contributed by atoms with Crippen LogP contribution >= 0.6 is 0 Å². The standard InChI is InChI=1S/C19H21NO5/c1-4-25-15-7-8-16(13(3)9-15)17(19(21)22)10-14-6-5-12(2)18(11-14)20(23)24/h5-9,11,17H,4,10H2,1-3H3,(H,21,22). The SMILES string of the molecule is CCOc1ccc(C(Cc2ccc(C)c([N+](=O)[O-])c2)C(=O)O)c(C)c1. The van der Waals surface area contributed by atoms with E-state index in [1.807, 2.05) is 19.9 Å². The van der Waals surface area contributed by atoms with Crippen LogP contribution in [0.25, 0.3) is 0 Å². The van der Waals surface area contributed by atoms with E-state index in [4.69, 9.17) is 4.74 Å². The highest BCUT2D eigenvalue weighted by atomic mass is 16.6. The number of aliphatic carboxylic acids is 1. The summed E-state index contributed by atoms with van der Waals surface area (Å²) in [5.41, 5.74) is 2.68. The first-order valence-electron chi connectivity index (χ1n) is 8.03. The van der Waals surface area contributed by atoms with Crippen molar-refractivity contribution in [1.82, 2.24) is 0 Å². The second-order valence-corrected chi connectivity index (χ2v) is 5.92. The zero-order chi connectivity index (χ0) is 18.6. The number of ether oxygens (including phenoxy) is 1. The van der Waals surface area contributed by atoms with Crippen LogP contribution in [-0.4, -0.2) is 22.6 Å². The number of aryl methyl sites for hydroxylation is 2. The van der Waals surface area contributed by atoms with Crippen molar-refractivity contribution in [2.45, 2.75) is 33.1 Å². The van der Waals surface area contributed by atoms with Crippen LogP contribution in [0, 0.1) is 24.0 Å². The molecule has 0 fully saturated rings. The van der Waals surface area contributed by atoms with Crippen molar-refractivity contribution >= 4 is 11.7 Å². The van der Waals surface area contributed by atoms with E-state index < -0.39 is 16.8 Å². The molecule has 1 unspecified atom stereocenters. The van der Waals surface area contributed by atoms with Crippen molar-refractivity contribution < 1.29 is 19.6 Å². The Kier molecular flexibility index (Phi) is 5.75. The first-order chi connectivity index (χ1) is 11.8. The van der Waals surface area contributed by atoms with Gasteiger partial charge in [-0.2, -0.15) is 0 Å². The summed E-state index contributed by atoms with van der Waals surface area (Å²) in [5.74, 6) is -1.05. The summed E-state index contributed by atoms with van der Waals surface area (Å²) in [6.07, 6.45) is 0.186. The van der Waals surface area contributed by atoms with Crippen LogP contribution in [0.15, 0.2) is 36.4 Å². The number of carbonyl (C=O) groups is 1. The molecule has 0 amide bonds. The number of nitrogens with zero attached hydrogens (tertiary/aromatic N) is 1. The molecule has 0 aromatic heterocycles. The lowest BCUT2D eigenvalue weighted by atomic mass is 9.88. The minimum absolute atomic E-state index is 0.00468. The summed E-state index contributed by atoms with van der Waals surface area (Å²) >= 11 is 0. The maximum Gasteiger partial charge on any atom is 0.311 e. The molecule has 0 saturated heterocycles. The molecule has 6 nitrogen and oxygen atoms in total. The zero-order valence-electron chi connectivity index (χ0n) is 14.5. The van der Waals surface area contributed by atoms with Gasteiger partial charge in [-0.25, -0.2) is 0 Å². The Balaban J connectivity index is 2.35. The van der Waals surface area contributed by atoms with Crippen molar-refractivity contribution in [2.75, 3.05) is 6.61 Å². The molecule has 6 heteroatoms. The Labute approximate surface area is 146 Å². The van der Waals surface area contributed by atoms with E-state index >= 15 is 0 Å². The van der Waals surface area contributed by atoms with E-state index in [9.17, 15) is 20.0 Å². The van der Waals surface area contributed by atoms with Crippen LogP contribution in [0.4, 0.5) is 5.69 Å². The lowest BCUT2D eigenvalue weighted by Crippen LogP contribution is -2.16. The van der Waals surface area contributed by atoms with Gasteiger partial charge in [-0.15, -0.1) is 0 Å². The summed E-state index contributed by atoms with van der Waals surface area (Å²) in [5, 5.41) is 20.7. The van der Waals surface area contributed by atoms with Crippen molar-refractivity contribution in [3.8, 4) is 5.75 Å². The monoisotopic (exact) mass is 343 g/mol. The largest absolute Gasteiger partial charge is 0.494 e. The van der Waals surface area contributed by atoms with E-state index in [-0.39, 0.29) is 12.1 Å². The summed E-state index contributed by atoms with van der Waals surface area (Å²) < 4.78 is 5.43. The average molecular weight is 343 g/mol. The fourth-order valence-corrected chi connectivity index (χ4v) is 2.84. The Morgan fingerprint density at radius 1 is 1.20 bits per heavy atom. The van der Waals surface area contributed by atoms with Gasteiger partial charge in [0.05, 0.1) is 17.4 Å². The highest BCUT2D eigenvalue weighted by Crippen LogP contribution is 2.29. The van der Waals surface area contributed by atoms with Crippen molar-refractivity contribution in [3.05, 3.63) is 68.8 Å². The molecule has 2 rings (SSSR count). The number of carboxylic acid groups (broad SMARTS) is 1. The summed E-state index contributed by atoms with van der Waals surface area (Å²) in [7, 11) is 0. The Bertz CT molecular complexity index is 800. The number of benzene rings is 2. The van der Waals surface area contributed by atoms with Crippen molar-refractivity contribution in [2.24, 2.45) is 0 Å². The van der Waals surface area contributed by atoms with Crippen molar-refractivity contribution in [1.29, 1.82) is 0 Å². The molecule has 132 valence electrons. The van der Waals surface area contributed by atoms with Crippen LogP contribution in [0.1, 0.15) is 35.1 Å². The number of hydrogen-bond donors (Lipinski definition) is 1. The second kappa shape index (κ2) is 7.79. The summed E-state index contributed by atoms with van der Waals surface area (Å²) in [4.78, 5) is 22.4. The minimum atomic E-state index is -0.963. The van der Waals surface area contributed by atoms with Gasteiger partial charge in [0.1, 0.15) is 5.75 Å². The van der Waals surface area contributed by atoms with Crippen LogP contribution in [0.2, 0.25) is 0 Å². The van der Waals surface area contributed by atoms with Gasteiger partial charge in [-0.05, 0) is 56.0 Å². The highest BCUT2D eigenvalue weighted by Gasteiger charge is 2.23. The molecule has 1 atom stereocenters. The topological polar surface area (TPSA) is 89.7 Å². The third-order valence-corrected chi connectivity index (χ3v) is 4.14.